The largest absolute Gasteiger partial charge is 0.306 e. The molecule has 1 rings (SSSR count). The normalized spacial score (nSPS) is 34.1. The van der Waals surface area contributed by atoms with Crippen molar-refractivity contribution in [3.8, 4) is 0 Å². The highest BCUT2D eigenvalue weighted by molar-refractivity contribution is 4.75. The maximum absolute atomic E-state index is 2.47. The van der Waals surface area contributed by atoms with Crippen LogP contribution in [0.25, 0.3) is 0 Å². The lowest BCUT2D eigenvalue weighted by molar-refractivity contribution is 0.146. The Balaban J connectivity index is 2.34. The van der Waals surface area contributed by atoms with Gasteiger partial charge in [-0.1, -0.05) is 20.3 Å². The maximum Gasteiger partial charge on any atom is 0.000916 e. The Kier molecular flexibility index (Phi) is 3.38. The minimum absolute atomic E-state index is 0.964. The van der Waals surface area contributed by atoms with Crippen molar-refractivity contribution >= 4 is 0 Å². The molecule has 2 unspecified atom stereocenters. The van der Waals surface area contributed by atoms with E-state index in [1.165, 1.54) is 32.4 Å². The summed E-state index contributed by atoms with van der Waals surface area (Å²) in [6.07, 6.45) is 4.18. The standard InChI is InChI=1S/C10H21N/c1-4-5-10-8-11(3)7-6-9(10)2/h9-10H,4-8H2,1-3H3. The molecule has 1 heteroatoms. The second-order valence-electron chi connectivity index (χ2n) is 4.08. The van der Waals surface area contributed by atoms with Gasteiger partial charge in [-0.3, -0.25) is 0 Å². The Morgan fingerprint density at radius 3 is 2.82 bits per heavy atom. The molecule has 2 atom stereocenters. The third kappa shape index (κ3) is 2.48. The molecular weight excluding hydrogens is 134 g/mol. The summed E-state index contributed by atoms with van der Waals surface area (Å²) in [5.74, 6) is 1.94. The highest BCUT2D eigenvalue weighted by Crippen LogP contribution is 2.25. The molecule has 0 saturated carbocycles. The molecular formula is C10H21N. The average molecular weight is 155 g/mol. The molecule has 11 heavy (non-hydrogen) atoms. The van der Waals surface area contributed by atoms with Gasteiger partial charge in [0.2, 0.25) is 0 Å². The highest BCUT2D eigenvalue weighted by atomic mass is 15.1. The first-order valence-electron chi connectivity index (χ1n) is 4.92. The summed E-state index contributed by atoms with van der Waals surface area (Å²) in [6.45, 7) is 7.34. The van der Waals surface area contributed by atoms with Crippen LogP contribution in [0.3, 0.4) is 0 Å². The molecule has 1 fully saturated rings. The average Bonchev–Trinajstić information content (AvgIpc) is 1.98. The zero-order valence-corrected chi connectivity index (χ0v) is 8.14. The van der Waals surface area contributed by atoms with Crippen LogP contribution >= 0.6 is 0 Å². The molecule has 0 spiro atoms. The fourth-order valence-corrected chi connectivity index (χ4v) is 2.08. The molecule has 1 saturated heterocycles. The van der Waals surface area contributed by atoms with E-state index in [1.807, 2.05) is 0 Å². The molecule has 0 N–H and O–H groups in total. The van der Waals surface area contributed by atoms with E-state index in [4.69, 9.17) is 0 Å². The van der Waals surface area contributed by atoms with Gasteiger partial charge in [0.1, 0.15) is 0 Å². The zero-order valence-electron chi connectivity index (χ0n) is 8.14. The molecule has 1 nitrogen and oxygen atoms in total. The van der Waals surface area contributed by atoms with Gasteiger partial charge in [-0.2, -0.15) is 0 Å². The molecule has 1 aliphatic rings. The summed E-state index contributed by atoms with van der Waals surface area (Å²) in [7, 11) is 2.24. The second-order valence-corrected chi connectivity index (χ2v) is 4.08. The predicted molar refractivity (Wildman–Crippen MR) is 49.7 cm³/mol. The topological polar surface area (TPSA) is 3.24 Å². The van der Waals surface area contributed by atoms with Crippen molar-refractivity contribution < 1.29 is 0 Å². The fourth-order valence-electron chi connectivity index (χ4n) is 2.08. The van der Waals surface area contributed by atoms with Crippen molar-refractivity contribution in [2.24, 2.45) is 11.8 Å². The number of hydrogen-bond donors (Lipinski definition) is 0. The smallest absolute Gasteiger partial charge is 0.000916 e. The quantitative estimate of drug-likeness (QED) is 0.592. The van der Waals surface area contributed by atoms with Gasteiger partial charge >= 0.3 is 0 Å². The van der Waals surface area contributed by atoms with Crippen LogP contribution in [0.5, 0.6) is 0 Å². The summed E-state index contributed by atoms with van der Waals surface area (Å²) in [5.41, 5.74) is 0. The molecule has 0 aromatic rings. The minimum Gasteiger partial charge on any atom is -0.306 e. The van der Waals surface area contributed by atoms with Gasteiger partial charge in [-0.25, -0.2) is 0 Å². The predicted octanol–water partition coefficient (Wildman–Crippen LogP) is 2.37. The third-order valence-corrected chi connectivity index (χ3v) is 2.98. The van der Waals surface area contributed by atoms with Crippen LogP contribution in [-0.2, 0) is 0 Å². The fraction of sp³-hybridized carbons (Fsp3) is 1.00. The SMILES string of the molecule is CCCC1CN(C)CCC1C. The number of piperidine rings is 1. The van der Waals surface area contributed by atoms with Gasteiger partial charge in [0, 0.05) is 6.54 Å². The Morgan fingerprint density at radius 2 is 2.18 bits per heavy atom. The molecule has 66 valence electrons. The van der Waals surface area contributed by atoms with E-state index in [0.717, 1.165) is 11.8 Å². The van der Waals surface area contributed by atoms with Crippen LogP contribution in [0.4, 0.5) is 0 Å². The van der Waals surface area contributed by atoms with Crippen molar-refractivity contribution in [3.63, 3.8) is 0 Å². The van der Waals surface area contributed by atoms with Crippen LogP contribution in [0, 0.1) is 11.8 Å². The van der Waals surface area contributed by atoms with E-state index in [0.29, 0.717) is 0 Å². The monoisotopic (exact) mass is 155 g/mol. The molecule has 0 bridgehead atoms. The van der Waals surface area contributed by atoms with Gasteiger partial charge in [-0.05, 0) is 38.3 Å². The van der Waals surface area contributed by atoms with Crippen molar-refractivity contribution in [1.82, 2.24) is 4.90 Å². The number of likely N-dealkylation sites (tertiary alicyclic amines) is 1. The Bertz CT molecular complexity index is 111. The lowest BCUT2D eigenvalue weighted by Crippen LogP contribution is -2.36. The van der Waals surface area contributed by atoms with E-state index in [-0.39, 0.29) is 0 Å². The summed E-state index contributed by atoms with van der Waals surface area (Å²) in [6, 6.07) is 0. The van der Waals surface area contributed by atoms with E-state index in [1.54, 1.807) is 0 Å². The van der Waals surface area contributed by atoms with Gasteiger partial charge < -0.3 is 4.90 Å². The second kappa shape index (κ2) is 4.10. The highest BCUT2D eigenvalue weighted by Gasteiger charge is 2.22. The van der Waals surface area contributed by atoms with E-state index in [2.05, 4.69) is 25.8 Å². The summed E-state index contributed by atoms with van der Waals surface area (Å²) in [5, 5.41) is 0. The Hall–Kier alpha value is -0.0400. The third-order valence-electron chi connectivity index (χ3n) is 2.98. The van der Waals surface area contributed by atoms with Crippen molar-refractivity contribution in [3.05, 3.63) is 0 Å². The minimum atomic E-state index is 0.964. The van der Waals surface area contributed by atoms with Gasteiger partial charge in [0.15, 0.2) is 0 Å². The van der Waals surface area contributed by atoms with Gasteiger partial charge in [0.05, 0.1) is 0 Å². The summed E-state index contributed by atoms with van der Waals surface area (Å²) < 4.78 is 0. The maximum atomic E-state index is 2.47. The molecule has 0 aromatic carbocycles. The molecule has 0 aromatic heterocycles. The number of nitrogens with zero attached hydrogens (tertiary/aromatic N) is 1. The van der Waals surface area contributed by atoms with Crippen molar-refractivity contribution in [2.45, 2.75) is 33.1 Å². The van der Waals surface area contributed by atoms with E-state index >= 15 is 0 Å². The molecule has 1 heterocycles. The van der Waals surface area contributed by atoms with Crippen LogP contribution in [0.15, 0.2) is 0 Å². The van der Waals surface area contributed by atoms with E-state index in [9.17, 15) is 0 Å². The first-order valence-corrected chi connectivity index (χ1v) is 4.92. The van der Waals surface area contributed by atoms with Crippen LogP contribution < -0.4 is 0 Å². The first-order chi connectivity index (χ1) is 5.24. The molecule has 0 aliphatic carbocycles. The first kappa shape index (κ1) is 9.05. The molecule has 0 amide bonds. The number of rotatable bonds is 2. The lowest BCUT2D eigenvalue weighted by atomic mass is 9.84. The molecule has 0 radical (unpaired) electrons. The van der Waals surface area contributed by atoms with E-state index < -0.39 is 0 Å². The van der Waals surface area contributed by atoms with Crippen molar-refractivity contribution in [2.75, 3.05) is 20.1 Å². The summed E-state index contributed by atoms with van der Waals surface area (Å²) >= 11 is 0. The van der Waals surface area contributed by atoms with Crippen LogP contribution in [0.1, 0.15) is 33.1 Å². The van der Waals surface area contributed by atoms with Gasteiger partial charge in [-0.15, -0.1) is 0 Å². The summed E-state index contributed by atoms with van der Waals surface area (Å²) in [4.78, 5) is 2.47. The molecule has 1 aliphatic heterocycles. The van der Waals surface area contributed by atoms with Gasteiger partial charge in [0.25, 0.3) is 0 Å². The van der Waals surface area contributed by atoms with Crippen molar-refractivity contribution in [1.29, 1.82) is 0 Å². The van der Waals surface area contributed by atoms with Crippen LogP contribution in [0.2, 0.25) is 0 Å². The lowest BCUT2D eigenvalue weighted by Gasteiger charge is -2.34. The zero-order chi connectivity index (χ0) is 8.27. The Labute approximate surface area is 70.8 Å². The Morgan fingerprint density at radius 1 is 1.45 bits per heavy atom. The van der Waals surface area contributed by atoms with Crippen LogP contribution in [-0.4, -0.2) is 25.0 Å². The number of hydrogen-bond acceptors (Lipinski definition) is 1.